The lowest BCUT2D eigenvalue weighted by Gasteiger charge is -2.39. The van der Waals surface area contributed by atoms with E-state index in [-0.39, 0.29) is 0 Å². The Morgan fingerprint density at radius 1 is 1.29 bits per heavy atom. The second-order valence-electron chi connectivity index (χ2n) is 6.66. The lowest BCUT2D eigenvalue weighted by molar-refractivity contribution is 0.129. The third-order valence-electron chi connectivity index (χ3n) is 4.29. The summed E-state index contributed by atoms with van der Waals surface area (Å²) in [5.41, 5.74) is 0. The van der Waals surface area contributed by atoms with Crippen LogP contribution in [-0.4, -0.2) is 36.6 Å². The highest BCUT2D eigenvalue weighted by Gasteiger charge is 2.26. The van der Waals surface area contributed by atoms with Crippen molar-refractivity contribution in [2.75, 3.05) is 19.6 Å². The summed E-state index contributed by atoms with van der Waals surface area (Å²) in [7, 11) is 0. The van der Waals surface area contributed by atoms with Crippen LogP contribution in [0.2, 0.25) is 0 Å². The van der Waals surface area contributed by atoms with Crippen LogP contribution in [0.15, 0.2) is 0 Å². The van der Waals surface area contributed by atoms with Gasteiger partial charge in [-0.2, -0.15) is 0 Å². The van der Waals surface area contributed by atoms with Crippen LogP contribution in [0.3, 0.4) is 0 Å². The van der Waals surface area contributed by atoms with Gasteiger partial charge in [0.15, 0.2) is 0 Å². The lowest BCUT2D eigenvalue weighted by atomic mass is 10.00. The molecule has 2 unspecified atom stereocenters. The van der Waals surface area contributed by atoms with E-state index in [0.717, 1.165) is 23.9 Å². The van der Waals surface area contributed by atoms with Gasteiger partial charge in [-0.1, -0.05) is 26.7 Å². The average molecular weight is 238 g/mol. The Balaban J connectivity index is 1.69. The fourth-order valence-electron chi connectivity index (χ4n) is 3.02. The summed E-state index contributed by atoms with van der Waals surface area (Å²) in [6.45, 7) is 10.8. The Morgan fingerprint density at radius 2 is 2.06 bits per heavy atom. The predicted molar refractivity (Wildman–Crippen MR) is 74.2 cm³/mol. The van der Waals surface area contributed by atoms with Gasteiger partial charge in [0.05, 0.1) is 0 Å². The van der Waals surface area contributed by atoms with E-state index in [4.69, 9.17) is 0 Å². The first-order chi connectivity index (χ1) is 8.15. The molecule has 2 nitrogen and oxygen atoms in total. The summed E-state index contributed by atoms with van der Waals surface area (Å²) in [6.07, 6.45) is 7.24. The normalized spacial score (nSPS) is 31.1. The van der Waals surface area contributed by atoms with Crippen LogP contribution < -0.4 is 5.32 Å². The standard InChI is InChI=1S/C15H30N2/c1-12(2)9-15-11-17(13(3)10-16-15)8-4-5-14-6-7-14/h12-16H,4-11H2,1-3H3. The Morgan fingerprint density at radius 3 is 2.71 bits per heavy atom. The van der Waals surface area contributed by atoms with Gasteiger partial charge in [-0.15, -0.1) is 0 Å². The van der Waals surface area contributed by atoms with Crippen molar-refractivity contribution in [1.29, 1.82) is 0 Å². The average Bonchev–Trinajstić information content (AvgIpc) is 3.06. The fourth-order valence-corrected chi connectivity index (χ4v) is 3.02. The minimum atomic E-state index is 0.729. The largest absolute Gasteiger partial charge is 0.311 e. The molecule has 1 aliphatic carbocycles. The maximum Gasteiger partial charge on any atom is 0.0198 e. The molecule has 0 amide bonds. The molecule has 1 heterocycles. The van der Waals surface area contributed by atoms with Crippen LogP contribution in [0.5, 0.6) is 0 Å². The van der Waals surface area contributed by atoms with Gasteiger partial charge in [-0.3, -0.25) is 4.90 Å². The van der Waals surface area contributed by atoms with Gasteiger partial charge in [0, 0.05) is 25.2 Å². The Labute approximate surface area is 107 Å². The fraction of sp³-hybridized carbons (Fsp3) is 1.00. The van der Waals surface area contributed by atoms with Gasteiger partial charge in [0.2, 0.25) is 0 Å². The summed E-state index contributed by atoms with van der Waals surface area (Å²) < 4.78 is 0. The number of piperazine rings is 1. The zero-order chi connectivity index (χ0) is 12.3. The first kappa shape index (κ1) is 13.4. The third kappa shape index (κ3) is 4.59. The summed E-state index contributed by atoms with van der Waals surface area (Å²) in [6, 6.07) is 1.46. The highest BCUT2D eigenvalue weighted by molar-refractivity contribution is 4.84. The summed E-state index contributed by atoms with van der Waals surface area (Å²) in [5, 5.41) is 3.70. The van der Waals surface area contributed by atoms with Crippen LogP contribution >= 0.6 is 0 Å². The van der Waals surface area contributed by atoms with E-state index in [1.807, 2.05) is 0 Å². The predicted octanol–water partition coefficient (Wildman–Crippen LogP) is 2.89. The zero-order valence-electron chi connectivity index (χ0n) is 11.9. The molecule has 1 saturated heterocycles. The highest BCUT2D eigenvalue weighted by atomic mass is 15.2. The summed E-state index contributed by atoms with van der Waals surface area (Å²) in [5.74, 6) is 1.91. The van der Waals surface area contributed by atoms with Crippen molar-refractivity contribution in [2.45, 2.75) is 65.0 Å². The molecule has 0 bridgehead atoms. The molecular weight excluding hydrogens is 208 g/mol. The molecule has 2 fully saturated rings. The number of rotatable bonds is 6. The first-order valence-corrected chi connectivity index (χ1v) is 7.62. The molecule has 0 spiro atoms. The van der Waals surface area contributed by atoms with Crippen LogP contribution in [0.25, 0.3) is 0 Å². The molecule has 100 valence electrons. The van der Waals surface area contributed by atoms with E-state index in [0.29, 0.717) is 0 Å². The van der Waals surface area contributed by atoms with Crippen molar-refractivity contribution in [3.63, 3.8) is 0 Å². The Kier molecular flexibility index (Phi) is 4.87. The summed E-state index contributed by atoms with van der Waals surface area (Å²) in [4.78, 5) is 2.71. The Bertz CT molecular complexity index is 223. The van der Waals surface area contributed by atoms with Crippen LogP contribution in [-0.2, 0) is 0 Å². The monoisotopic (exact) mass is 238 g/mol. The van der Waals surface area contributed by atoms with Crippen LogP contribution in [0.1, 0.15) is 52.9 Å². The molecule has 0 radical (unpaired) electrons. The second kappa shape index (κ2) is 6.19. The van der Waals surface area contributed by atoms with E-state index in [1.165, 1.54) is 51.7 Å². The van der Waals surface area contributed by atoms with E-state index in [1.54, 1.807) is 0 Å². The molecular formula is C15H30N2. The second-order valence-corrected chi connectivity index (χ2v) is 6.66. The number of hydrogen-bond acceptors (Lipinski definition) is 2. The van der Waals surface area contributed by atoms with Crippen molar-refractivity contribution in [3.05, 3.63) is 0 Å². The van der Waals surface area contributed by atoms with E-state index in [9.17, 15) is 0 Å². The van der Waals surface area contributed by atoms with Gasteiger partial charge >= 0.3 is 0 Å². The SMILES string of the molecule is CC(C)CC1CN(CCCC2CC2)C(C)CN1. The quantitative estimate of drug-likeness (QED) is 0.765. The zero-order valence-corrected chi connectivity index (χ0v) is 11.9. The molecule has 0 aromatic heterocycles. The van der Waals surface area contributed by atoms with Crippen molar-refractivity contribution in [1.82, 2.24) is 10.2 Å². The third-order valence-corrected chi connectivity index (χ3v) is 4.29. The Hall–Kier alpha value is -0.0800. The smallest absolute Gasteiger partial charge is 0.0198 e. The van der Waals surface area contributed by atoms with E-state index >= 15 is 0 Å². The molecule has 0 aromatic carbocycles. The maximum absolute atomic E-state index is 3.70. The van der Waals surface area contributed by atoms with Gasteiger partial charge in [-0.05, 0) is 44.6 Å². The number of nitrogens with zero attached hydrogens (tertiary/aromatic N) is 1. The number of hydrogen-bond donors (Lipinski definition) is 1. The van der Waals surface area contributed by atoms with Gasteiger partial charge in [0.1, 0.15) is 0 Å². The van der Waals surface area contributed by atoms with Gasteiger partial charge in [-0.25, -0.2) is 0 Å². The molecule has 2 rings (SSSR count). The minimum absolute atomic E-state index is 0.729. The van der Waals surface area contributed by atoms with Gasteiger partial charge < -0.3 is 5.32 Å². The number of nitrogens with one attached hydrogen (secondary N) is 1. The molecule has 1 aliphatic heterocycles. The molecule has 17 heavy (non-hydrogen) atoms. The van der Waals surface area contributed by atoms with Crippen molar-refractivity contribution in [3.8, 4) is 0 Å². The first-order valence-electron chi connectivity index (χ1n) is 7.62. The van der Waals surface area contributed by atoms with Crippen LogP contribution in [0, 0.1) is 11.8 Å². The molecule has 1 saturated carbocycles. The van der Waals surface area contributed by atoms with E-state index < -0.39 is 0 Å². The van der Waals surface area contributed by atoms with Crippen molar-refractivity contribution in [2.24, 2.45) is 11.8 Å². The van der Waals surface area contributed by atoms with Crippen molar-refractivity contribution >= 4 is 0 Å². The molecule has 2 heteroatoms. The molecule has 2 atom stereocenters. The van der Waals surface area contributed by atoms with Crippen LogP contribution in [0.4, 0.5) is 0 Å². The molecule has 2 aliphatic rings. The molecule has 1 N–H and O–H groups in total. The van der Waals surface area contributed by atoms with Crippen molar-refractivity contribution < 1.29 is 0 Å². The minimum Gasteiger partial charge on any atom is -0.311 e. The van der Waals surface area contributed by atoms with Gasteiger partial charge in [0.25, 0.3) is 0 Å². The highest BCUT2D eigenvalue weighted by Crippen LogP contribution is 2.33. The van der Waals surface area contributed by atoms with E-state index in [2.05, 4.69) is 31.0 Å². The summed E-state index contributed by atoms with van der Waals surface area (Å²) >= 11 is 0. The topological polar surface area (TPSA) is 15.3 Å². The lowest BCUT2D eigenvalue weighted by Crippen LogP contribution is -2.55. The maximum atomic E-state index is 3.70. The molecule has 0 aromatic rings.